The number of benzene rings is 3. The highest BCUT2D eigenvalue weighted by Crippen LogP contribution is 2.23. The van der Waals surface area contributed by atoms with Gasteiger partial charge in [0.05, 0.1) is 26.6 Å². The number of nitrogens with zero attached hydrogens (tertiary/aromatic N) is 4. The van der Waals surface area contributed by atoms with E-state index >= 15 is 0 Å². The highest BCUT2D eigenvalue weighted by molar-refractivity contribution is 6.03. The predicted octanol–water partition coefficient (Wildman–Crippen LogP) is 3.29. The largest absolute Gasteiger partial charge is 0.382 e. The molecule has 12 nitrogen and oxygen atoms in total. The molecule has 0 aliphatic heterocycles. The lowest BCUT2D eigenvalue weighted by molar-refractivity contribution is -0.385. The second kappa shape index (κ2) is 9.26. The zero-order valence-electron chi connectivity index (χ0n) is 17.3. The number of anilines is 1. The second-order valence-electron chi connectivity index (χ2n) is 7.10. The van der Waals surface area contributed by atoms with Crippen LogP contribution in [-0.2, 0) is 0 Å². The van der Waals surface area contributed by atoms with Crippen LogP contribution >= 0.6 is 0 Å². The van der Waals surface area contributed by atoms with Gasteiger partial charge in [0.1, 0.15) is 11.8 Å². The minimum absolute atomic E-state index is 0.142. The Bertz CT molecular complexity index is 1470. The fraction of sp³-hybridized carbons (Fsp3) is 0.0455. The number of fused-ring (bicyclic) bond motifs is 1. The highest BCUT2D eigenvalue weighted by Gasteiger charge is 2.24. The third-order valence-corrected chi connectivity index (χ3v) is 4.89. The van der Waals surface area contributed by atoms with Gasteiger partial charge >= 0.3 is 0 Å². The Labute approximate surface area is 190 Å². The van der Waals surface area contributed by atoms with Gasteiger partial charge in [0.2, 0.25) is 0 Å². The summed E-state index contributed by atoms with van der Waals surface area (Å²) < 4.78 is 0. The van der Waals surface area contributed by atoms with Crippen LogP contribution in [0.2, 0.25) is 0 Å². The van der Waals surface area contributed by atoms with Crippen molar-refractivity contribution in [3.63, 3.8) is 0 Å². The number of para-hydroxylation sites is 1. The Balaban J connectivity index is 1.81. The van der Waals surface area contributed by atoms with E-state index in [1.54, 1.807) is 30.3 Å². The maximum Gasteiger partial charge on any atom is 0.276 e. The number of non-ortho nitro benzene ring substituents is 2. The maximum absolute atomic E-state index is 12.8. The molecule has 0 unspecified atom stereocenters. The topological polar surface area (TPSA) is 177 Å². The number of aliphatic hydroxyl groups is 1. The summed E-state index contributed by atoms with van der Waals surface area (Å²) >= 11 is 0. The summed E-state index contributed by atoms with van der Waals surface area (Å²) in [5.74, 6) is 0. The van der Waals surface area contributed by atoms with Crippen LogP contribution in [0.4, 0.5) is 17.1 Å². The van der Waals surface area contributed by atoms with E-state index in [4.69, 9.17) is 0 Å². The maximum atomic E-state index is 12.8. The molecule has 12 heteroatoms. The third kappa shape index (κ3) is 4.61. The SMILES string of the molecule is O=c1[nH]c2cc([N+](=O)[O-])ccc2nc1/C(=N\Nc1ccccc1)[C@@H](O)c1ccc([N+](=O)[O-])cc1. The third-order valence-electron chi connectivity index (χ3n) is 4.89. The number of hydrazone groups is 1. The van der Waals surface area contributed by atoms with Crippen molar-refractivity contribution in [1.29, 1.82) is 0 Å². The molecule has 1 heterocycles. The molecule has 4 rings (SSSR count). The van der Waals surface area contributed by atoms with E-state index in [2.05, 4.69) is 20.5 Å². The summed E-state index contributed by atoms with van der Waals surface area (Å²) in [4.78, 5) is 40.5. The predicted molar refractivity (Wildman–Crippen MR) is 124 cm³/mol. The fourth-order valence-electron chi connectivity index (χ4n) is 3.18. The normalized spacial score (nSPS) is 12.3. The van der Waals surface area contributed by atoms with Gasteiger partial charge in [-0.15, -0.1) is 0 Å². The molecule has 0 amide bonds. The van der Waals surface area contributed by atoms with Gasteiger partial charge in [0, 0.05) is 24.3 Å². The average Bonchev–Trinajstić information content (AvgIpc) is 2.84. The van der Waals surface area contributed by atoms with Gasteiger partial charge in [0.25, 0.3) is 16.9 Å². The molecule has 0 saturated carbocycles. The summed E-state index contributed by atoms with van der Waals surface area (Å²) in [5.41, 5.74) is 2.46. The Hall–Kier alpha value is -4.97. The van der Waals surface area contributed by atoms with E-state index in [1.165, 1.54) is 42.5 Å². The van der Waals surface area contributed by atoms with E-state index in [-0.39, 0.29) is 39.4 Å². The van der Waals surface area contributed by atoms with Crippen LogP contribution in [-0.4, -0.2) is 30.6 Å². The molecule has 170 valence electrons. The number of nitro benzene ring substituents is 2. The number of rotatable bonds is 7. The molecule has 1 atom stereocenters. The first-order valence-corrected chi connectivity index (χ1v) is 9.83. The second-order valence-corrected chi connectivity index (χ2v) is 7.10. The van der Waals surface area contributed by atoms with Crippen LogP contribution in [0.15, 0.2) is 82.7 Å². The molecule has 0 saturated heterocycles. The Kier molecular flexibility index (Phi) is 6.05. The van der Waals surface area contributed by atoms with Crippen molar-refractivity contribution in [2.45, 2.75) is 6.10 Å². The molecule has 0 radical (unpaired) electrons. The van der Waals surface area contributed by atoms with Crippen molar-refractivity contribution in [2.75, 3.05) is 5.43 Å². The minimum Gasteiger partial charge on any atom is -0.382 e. The lowest BCUT2D eigenvalue weighted by Gasteiger charge is -2.14. The van der Waals surface area contributed by atoms with Crippen LogP contribution < -0.4 is 11.0 Å². The van der Waals surface area contributed by atoms with E-state index in [0.29, 0.717) is 5.69 Å². The molecule has 0 aliphatic carbocycles. The van der Waals surface area contributed by atoms with Gasteiger partial charge in [-0.25, -0.2) is 4.98 Å². The van der Waals surface area contributed by atoms with E-state index in [0.717, 1.165) is 0 Å². The first-order chi connectivity index (χ1) is 16.3. The van der Waals surface area contributed by atoms with Gasteiger partial charge in [-0.2, -0.15) is 5.10 Å². The molecule has 34 heavy (non-hydrogen) atoms. The Morgan fingerprint density at radius 3 is 2.26 bits per heavy atom. The number of hydrogen-bond acceptors (Lipinski definition) is 9. The number of hydrogen-bond donors (Lipinski definition) is 3. The molecule has 0 fully saturated rings. The van der Waals surface area contributed by atoms with Crippen LogP contribution in [0.5, 0.6) is 0 Å². The minimum atomic E-state index is -1.47. The van der Waals surface area contributed by atoms with Crippen molar-refractivity contribution < 1.29 is 15.0 Å². The number of nitrogens with one attached hydrogen (secondary N) is 2. The monoisotopic (exact) mass is 460 g/mol. The number of aliphatic hydroxyl groups excluding tert-OH is 1. The van der Waals surface area contributed by atoms with Crippen LogP contribution in [0.1, 0.15) is 17.4 Å². The Morgan fingerprint density at radius 2 is 1.62 bits per heavy atom. The summed E-state index contributed by atoms with van der Waals surface area (Å²) in [6.45, 7) is 0. The molecule has 3 N–H and O–H groups in total. The van der Waals surface area contributed by atoms with Crippen molar-refractivity contribution in [2.24, 2.45) is 5.10 Å². The zero-order chi connectivity index (χ0) is 24.2. The van der Waals surface area contributed by atoms with Gasteiger partial charge in [-0.05, 0) is 35.9 Å². The smallest absolute Gasteiger partial charge is 0.276 e. The number of aromatic amines is 1. The molecule has 0 spiro atoms. The van der Waals surface area contributed by atoms with Crippen LogP contribution in [0, 0.1) is 20.2 Å². The highest BCUT2D eigenvalue weighted by atomic mass is 16.6. The lowest BCUT2D eigenvalue weighted by atomic mass is 10.0. The summed E-state index contributed by atoms with van der Waals surface area (Å²) in [5, 5.41) is 37.2. The van der Waals surface area contributed by atoms with Crippen LogP contribution in [0.3, 0.4) is 0 Å². The summed E-state index contributed by atoms with van der Waals surface area (Å²) in [6, 6.07) is 17.7. The summed E-state index contributed by atoms with van der Waals surface area (Å²) in [7, 11) is 0. The van der Waals surface area contributed by atoms with Gasteiger partial charge in [0.15, 0.2) is 5.69 Å². The number of aromatic nitrogens is 2. The van der Waals surface area contributed by atoms with Gasteiger partial charge < -0.3 is 10.1 Å². The molecule has 1 aromatic heterocycles. The van der Waals surface area contributed by atoms with Crippen LogP contribution in [0.25, 0.3) is 11.0 Å². The lowest BCUT2D eigenvalue weighted by Crippen LogP contribution is -2.26. The van der Waals surface area contributed by atoms with E-state index in [1.807, 2.05) is 0 Å². The fourth-order valence-corrected chi connectivity index (χ4v) is 3.18. The van der Waals surface area contributed by atoms with Gasteiger partial charge in [-0.3, -0.25) is 30.4 Å². The first kappa shape index (κ1) is 22.2. The molecule has 3 aromatic carbocycles. The first-order valence-electron chi connectivity index (χ1n) is 9.83. The molecule has 0 aliphatic rings. The molecule has 4 aromatic rings. The van der Waals surface area contributed by atoms with Crippen molar-refractivity contribution in [3.05, 3.63) is 115 Å². The molecular formula is C22H16N6O6. The summed E-state index contributed by atoms with van der Waals surface area (Å²) in [6.07, 6.45) is -1.47. The zero-order valence-corrected chi connectivity index (χ0v) is 17.3. The quantitative estimate of drug-likeness (QED) is 0.214. The van der Waals surface area contributed by atoms with Crippen molar-refractivity contribution in [1.82, 2.24) is 9.97 Å². The Morgan fingerprint density at radius 1 is 0.971 bits per heavy atom. The standard InChI is InChI=1S/C22H16N6O6/c29-21(13-6-8-15(9-7-13)27(31)32)19(26-25-14-4-2-1-3-5-14)20-22(30)24-18-12-16(28(33)34)10-11-17(18)23-20/h1-12,21,25,29H,(H,24,30)/b26-19+/t21-/m0/s1. The van der Waals surface area contributed by atoms with Crippen molar-refractivity contribution >= 4 is 33.8 Å². The van der Waals surface area contributed by atoms with Gasteiger partial charge in [-0.1, -0.05) is 18.2 Å². The number of H-pyrrole nitrogens is 1. The molecular weight excluding hydrogens is 444 g/mol. The number of nitro groups is 2. The average molecular weight is 460 g/mol. The van der Waals surface area contributed by atoms with E-state index in [9.17, 15) is 30.1 Å². The van der Waals surface area contributed by atoms with E-state index < -0.39 is 21.5 Å². The van der Waals surface area contributed by atoms with Crippen molar-refractivity contribution in [3.8, 4) is 0 Å². The molecule has 0 bridgehead atoms.